The second-order valence-electron chi connectivity index (χ2n) is 7.86. The van der Waals surface area contributed by atoms with Crippen LogP contribution in [0.2, 0.25) is 0 Å². The van der Waals surface area contributed by atoms with Gasteiger partial charge < -0.3 is 4.74 Å². The molecule has 0 bridgehead atoms. The Morgan fingerprint density at radius 2 is 1.88 bits per heavy atom. The molecule has 1 aromatic heterocycles. The Hall–Kier alpha value is -4.01. The number of non-ortho nitro benzene ring substituents is 1. The lowest BCUT2D eigenvalue weighted by atomic mass is 10.1. The number of carbonyl (C=O) groups is 1. The molecular formula is C25H29N5O4. The third-order valence-corrected chi connectivity index (χ3v) is 5.20. The van der Waals surface area contributed by atoms with Crippen LogP contribution in [0.4, 0.5) is 5.69 Å². The maximum Gasteiger partial charge on any atom is 0.289 e. The quantitative estimate of drug-likeness (QED) is 0.150. The number of H-pyrrole nitrogens is 1. The molecule has 0 aliphatic heterocycles. The third kappa shape index (κ3) is 7.54. The van der Waals surface area contributed by atoms with E-state index >= 15 is 0 Å². The molecule has 34 heavy (non-hydrogen) atoms. The zero-order valence-electron chi connectivity index (χ0n) is 19.2. The van der Waals surface area contributed by atoms with Gasteiger partial charge in [0, 0.05) is 23.3 Å². The summed E-state index contributed by atoms with van der Waals surface area (Å²) < 4.78 is 5.80. The SMILES string of the molecule is CCCCCCCCOc1ccc(-c2cc(C(=O)N/N=C/c3cccc([N+](=O)[O-])c3)[nH]n2)cc1. The number of nitro groups is 1. The molecule has 0 aliphatic rings. The van der Waals surface area contributed by atoms with Crippen molar-refractivity contribution in [1.29, 1.82) is 0 Å². The normalized spacial score (nSPS) is 11.0. The molecule has 0 radical (unpaired) electrons. The van der Waals surface area contributed by atoms with Crippen molar-refractivity contribution in [3.8, 4) is 17.0 Å². The Kier molecular flexibility index (Phi) is 9.33. The average Bonchev–Trinajstić information content (AvgIpc) is 3.34. The lowest BCUT2D eigenvalue weighted by molar-refractivity contribution is -0.384. The van der Waals surface area contributed by atoms with Crippen molar-refractivity contribution in [3.63, 3.8) is 0 Å². The molecule has 0 atom stereocenters. The molecule has 2 aromatic carbocycles. The number of amides is 1. The first-order valence-electron chi connectivity index (χ1n) is 11.4. The Balaban J connectivity index is 1.48. The molecule has 2 N–H and O–H groups in total. The fourth-order valence-electron chi connectivity index (χ4n) is 3.32. The summed E-state index contributed by atoms with van der Waals surface area (Å²) in [6.45, 7) is 2.92. The molecule has 0 unspecified atom stereocenters. The number of hydrazone groups is 1. The van der Waals surface area contributed by atoms with E-state index in [4.69, 9.17) is 4.74 Å². The molecule has 3 rings (SSSR count). The van der Waals surface area contributed by atoms with Gasteiger partial charge in [-0.05, 0) is 36.8 Å². The van der Waals surface area contributed by atoms with Crippen LogP contribution in [0, 0.1) is 10.1 Å². The number of carbonyl (C=O) groups excluding carboxylic acids is 1. The summed E-state index contributed by atoms with van der Waals surface area (Å²) in [6.07, 6.45) is 8.67. The van der Waals surface area contributed by atoms with Gasteiger partial charge in [0.1, 0.15) is 11.4 Å². The smallest absolute Gasteiger partial charge is 0.289 e. The first-order valence-corrected chi connectivity index (χ1v) is 11.4. The van der Waals surface area contributed by atoms with E-state index in [-0.39, 0.29) is 11.4 Å². The lowest BCUT2D eigenvalue weighted by Gasteiger charge is -2.06. The molecule has 0 saturated heterocycles. The van der Waals surface area contributed by atoms with Crippen LogP contribution in [0.5, 0.6) is 5.75 Å². The summed E-state index contributed by atoms with van der Waals surface area (Å²) in [7, 11) is 0. The molecule has 9 heteroatoms. The largest absolute Gasteiger partial charge is 0.494 e. The van der Waals surface area contributed by atoms with Crippen molar-refractivity contribution in [2.24, 2.45) is 5.10 Å². The van der Waals surface area contributed by atoms with Gasteiger partial charge in [-0.3, -0.25) is 20.0 Å². The highest BCUT2D eigenvalue weighted by Gasteiger charge is 2.11. The number of nitrogens with zero attached hydrogens (tertiary/aromatic N) is 3. The number of hydrogen-bond donors (Lipinski definition) is 2. The number of ether oxygens (including phenoxy) is 1. The second-order valence-corrected chi connectivity index (χ2v) is 7.86. The first-order chi connectivity index (χ1) is 16.6. The molecule has 0 saturated carbocycles. The average molecular weight is 464 g/mol. The molecule has 1 heterocycles. The zero-order chi connectivity index (χ0) is 24.2. The zero-order valence-corrected chi connectivity index (χ0v) is 19.2. The van der Waals surface area contributed by atoms with Gasteiger partial charge >= 0.3 is 0 Å². The maximum atomic E-state index is 12.3. The first kappa shape index (κ1) is 24.6. The molecular weight excluding hydrogens is 434 g/mol. The van der Waals surface area contributed by atoms with Crippen molar-refractivity contribution < 1.29 is 14.5 Å². The predicted molar refractivity (Wildman–Crippen MR) is 131 cm³/mol. The van der Waals surface area contributed by atoms with Crippen LogP contribution in [-0.2, 0) is 0 Å². The van der Waals surface area contributed by atoms with Gasteiger partial charge in [-0.2, -0.15) is 10.2 Å². The van der Waals surface area contributed by atoms with Crippen LogP contribution >= 0.6 is 0 Å². The van der Waals surface area contributed by atoms with Crippen molar-refractivity contribution in [3.05, 3.63) is 76.0 Å². The number of hydrogen-bond acceptors (Lipinski definition) is 6. The van der Waals surface area contributed by atoms with Gasteiger partial charge in [0.25, 0.3) is 11.6 Å². The number of benzene rings is 2. The van der Waals surface area contributed by atoms with E-state index in [2.05, 4.69) is 27.6 Å². The number of unbranched alkanes of at least 4 members (excludes halogenated alkanes) is 5. The molecule has 3 aromatic rings. The monoisotopic (exact) mass is 463 g/mol. The summed E-state index contributed by atoms with van der Waals surface area (Å²) in [5.74, 6) is 0.334. The minimum absolute atomic E-state index is 0.0488. The van der Waals surface area contributed by atoms with Crippen molar-refractivity contribution in [2.45, 2.75) is 45.4 Å². The summed E-state index contributed by atoms with van der Waals surface area (Å²) in [5.41, 5.74) is 4.55. The summed E-state index contributed by atoms with van der Waals surface area (Å²) in [6, 6.07) is 15.2. The lowest BCUT2D eigenvalue weighted by Crippen LogP contribution is -2.18. The van der Waals surface area contributed by atoms with Crippen molar-refractivity contribution in [1.82, 2.24) is 15.6 Å². The number of aromatic amines is 1. The molecule has 0 fully saturated rings. The van der Waals surface area contributed by atoms with Crippen molar-refractivity contribution in [2.75, 3.05) is 6.61 Å². The van der Waals surface area contributed by atoms with Gasteiger partial charge in [0.15, 0.2) is 0 Å². The van der Waals surface area contributed by atoms with E-state index in [1.807, 2.05) is 24.3 Å². The maximum absolute atomic E-state index is 12.3. The number of rotatable bonds is 13. The van der Waals surface area contributed by atoms with E-state index in [9.17, 15) is 14.9 Å². The minimum atomic E-state index is -0.490. The molecule has 0 spiro atoms. The molecule has 0 aliphatic carbocycles. The molecule has 178 valence electrons. The van der Waals surface area contributed by atoms with Crippen LogP contribution in [-0.4, -0.2) is 33.8 Å². The Morgan fingerprint density at radius 1 is 1.12 bits per heavy atom. The van der Waals surface area contributed by atoms with Crippen LogP contribution in [0.1, 0.15) is 61.5 Å². The number of nitro benzene ring substituents is 1. The van der Waals surface area contributed by atoms with Gasteiger partial charge in [0.2, 0.25) is 0 Å². The second kappa shape index (κ2) is 12.9. The Morgan fingerprint density at radius 3 is 2.65 bits per heavy atom. The van der Waals surface area contributed by atoms with Crippen LogP contribution < -0.4 is 10.2 Å². The summed E-state index contributed by atoms with van der Waals surface area (Å²) in [4.78, 5) is 22.7. The van der Waals surface area contributed by atoms with Crippen LogP contribution in [0.15, 0.2) is 59.7 Å². The standard InChI is InChI=1S/C25H29N5O4/c1-2-3-4-5-6-7-15-34-22-13-11-20(12-14-22)23-17-24(28-27-23)25(31)29-26-18-19-9-8-10-21(16-19)30(32)33/h8-14,16-18H,2-7,15H2,1H3,(H,27,28)(H,29,31)/b26-18+. The molecule has 9 nitrogen and oxygen atoms in total. The highest BCUT2D eigenvalue weighted by molar-refractivity contribution is 5.94. The number of nitrogens with one attached hydrogen (secondary N) is 2. The fourth-order valence-corrected chi connectivity index (χ4v) is 3.32. The van der Waals surface area contributed by atoms with Gasteiger partial charge in [0.05, 0.1) is 23.4 Å². The Labute approximate surface area is 198 Å². The van der Waals surface area contributed by atoms with E-state index < -0.39 is 10.8 Å². The molecule has 1 amide bonds. The van der Waals surface area contributed by atoms with E-state index in [0.29, 0.717) is 17.9 Å². The van der Waals surface area contributed by atoms with Gasteiger partial charge in [-0.15, -0.1) is 0 Å². The fraction of sp³-hybridized carbons (Fsp3) is 0.320. The van der Waals surface area contributed by atoms with E-state index in [1.54, 1.807) is 18.2 Å². The highest BCUT2D eigenvalue weighted by Crippen LogP contribution is 2.21. The van der Waals surface area contributed by atoms with E-state index in [0.717, 1.165) is 17.7 Å². The highest BCUT2D eigenvalue weighted by atomic mass is 16.6. The number of aromatic nitrogens is 2. The predicted octanol–water partition coefficient (Wildman–Crippen LogP) is 5.49. The Bertz CT molecular complexity index is 1110. The van der Waals surface area contributed by atoms with Gasteiger partial charge in [-0.25, -0.2) is 5.43 Å². The topological polar surface area (TPSA) is 123 Å². The summed E-state index contributed by atoms with van der Waals surface area (Å²) in [5, 5.41) is 21.6. The third-order valence-electron chi connectivity index (χ3n) is 5.20. The van der Waals surface area contributed by atoms with Crippen molar-refractivity contribution >= 4 is 17.8 Å². The van der Waals surface area contributed by atoms with Gasteiger partial charge in [-0.1, -0.05) is 51.2 Å². The van der Waals surface area contributed by atoms with Crippen LogP contribution in [0.25, 0.3) is 11.3 Å². The van der Waals surface area contributed by atoms with Crippen LogP contribution in [0.3, 0.4) is 0 Å². The van der Waals surface area contributed by atoms with E-state index in [1.165, 1.54) is 50.5 Å². The minimum Gasteiger partial charge on any atom is -0.494 e. The summed E-state index contributed by atoms with van der Waals surface area (Å²) >= 11 is 0.